The molecule has 29 heavy (non-hydrogen) atoms. The SMILES string of the molecule is C[C@@]1(S(=O)(=O)[C@@H](F)CC2CCN(C(=O)Nc3ccon3)CC2)C=NN=C1C(F)F. The quantitative estimate of drug-likeness (QED) is 0.737. The van der Waals surface area contributed by atoms with E-state index in [4.69, 9.17) is 0 Å². The van der Waals surface area contributed by atoms with Gasteiger partial charge in [0, 0.05) is 19.2 Å². The van der Waals surface area contributed by atoms with Gasteiger partial charge in [-0.1, -0.05) is 5.16 Å². The summed E-state index contributed by atoms with van der Waals surface area (Å²) in [5, 5.41) is 12.6. The molecule has 0 radical (unpaired) electrons. The largest absolute Gasteiger partial charge is 0.363 e. The number of nitrogens with one attached hydrogen (secondary N) is 1. The van der Waals surface area contributed by atoms with Crippen LogP contribution in [-0.2, 0) is 9.84 Å². The van der Waals surface area contributed by atoms with Crippen molar-refractivity contribution in [1.82, 2.24) is 10.1 Å². The Bertz CT molecular complexity index is 898. The molecule has 3 rings (SSSR count). The number of carbonyl (C=O) groups excluding carboxylic acids is 1. The van der Waals surface area contributed by atoms with E-state index in [1.54, 1.807) is 0 Å². The van der Waals surface area contributed by atoms with Crippen LogP contribution in [0.1, 0.15) is 26.2 Å². The van der Waals surface area contributed by atoms with Gasteiger partial charge in [-0.15, -0.1) is 0 Å². The van der Waals surface area contributed by atoms with E-state index in [-0.39, 0.29) is 18.2 Å². The van der Waals surface area contributed by atoms with Crippen molar-refractivity contribution in [1.29, 1.82) is 0 Å². The minimum atomic E-state index is -4.63. The molecular weight excluding hydrogens is 415 g/mol. The lowest BCUT2D eigenvalue weighted by Crippen LogP contribution is -2.50. The molecule has 0 aliphatic carbocycles. The van der Waals surface area contributed by atoms with Crippen molar-refractivity contribution in [3.8, 4) is 0 Å². The highest BCUT2D eigenvalue weighted by Gasteiger charge is 2.53. The molecular formula is C16H20F3N5O4S. The van der Waals surface area contributed by atoms with Crippen molar-refractivity contribution in [2.75, 3.05) is 18.4 Å². The second-order valence-corrected chi connectivity index (χ2v) is 9.52. The van der Waals surface area contributed by atoms with Crippen molar-refractivity contribution in [2.45, 2.75) is 42.9 Å². The van der Waals surface area contributed by atoms with Gasteiger partial charge in [-0.05, 0) is 32.1 Å². The highest BCUT2D eigenvalue weighted by molar-refractivity contribution is 7.94. The molecule has 2 aliphatic heterocycles. The predicted octanol–water partition coefficient (Wildman–Crippen LogP) is 2.48. The molecule has 0 saturated carbocycles. The van der Waals surface area contributed by atoms with E-state index in [2.05, 4.69) is 25.2 Å². The third kappa shape index (κ3) is 4.14. The second kappa shape index (κ2) is 8.13. The highest BCUT2D eigenvalue weighted by atomic mass is 32.2. The first-order valence-electron chi connectivity index (χ1n) is 8.89. The number of nitrogens with zero attached hydrogens (tertiary/aromatic N) is 4. The lowest BCUT2D eigenvalue weighted by Gasteiger charge is -2.33. The van der Waals surface area contributed by atoms with Gasteiger partial charge in [0.2, 0.25) is 5.50 Å². The van der Waals surface area contributed by atoms with Crippen LogP contribution in [0.2, 0.25) is 0 Å². The molecule has 0 aromatic carbocycles. The Morgan fingerprint density at radius 2 is 2.07 bits per heavy atom. The van der Waals surface area contributed by atoms with Crippen LogP contribution < -0.4 is 5.32 Å². The summed E-state index contributed by atoms with van der Waals surface area (Å²) in [6, 6.07) is 1.09. The van der Waals surface area contributed by atoms with Crippen molar-refractivity contribution < 1.29 is 30.9 Å². The summed E-state index contributed by atoms with van der Waals surface area (Å²) in [6.45, 7) is 1.57. The maximum atomic E-state index is 14.7. The number of carbonyl (C=O) groups is 1. The number of urea groups is 1. The number of hydrogen-bond donors (Lipinski definition) is 1. The maximum Gasteiger partial charge on any atom is 0.323 e. The van der Waals surface area contributed by atoms with Gasteiger partial charge in [-0.3, -0.25) is 5.32 Å². The minimum Gasteiger partial charge on any atom is -0.363 e. The molecule has 0 spiro atoms. The van der Waals surface area contributed by atoms with Crippen LogP contribution >= 0.6 is 0 Å². The van der Waals surface area contributed by atoms with E-state index in [1.165, 1.54) is 17.2 Å². The fraction of sp³-hybridized carbons (Fsp3) is 0.625. The van der Waals surface area contributed by atoms with Crippen LogP contribution in [0.3, 0.4) is 0 Å². The van der Waals surface area contributed by atoms with Gasteiger partial charge in [0.1, 0.15) is 12.0 Å². The van der Waals surface area contributed by atoms with Crippen LogP contribution in [0.25, 0.3) is 0 Å². The topological polar surface area (TPSA) is 117 Å². The zero-order valence-corrected chi connectivity index (χ0v) is 16.3. The summed E-state index contributed by atoms with van der Waals surface area (Å²) in [6.07, 6.45) is -0.695. The molecule has 1 N–H and O–H groups in total. The van der Waals surface area contributed by atoms with E-state index < -0.39 is 38.3 Å². The van der Waals surface area contributed by atoms with Gasteiger partial charge >= 0.3 is 6.03 Å². The normalized spacial score (nSPS) is 24.0. The molecule has 0 bridgehead atoms. The highest BCUT2D eigenvalue weighted by Crippen LogP contribution is 2.33. The zero-order valence-electron chi connectivity index (χ0n) is 15.5. The first kappa shape index (κ1) is 21.3. The Hall–Kier alpha value is -2.44. The van der Waals surface area contributed by atoms with E-state index in [0.717, 1.165) is 13.1 Å². The molecule has 13 heteroatoms. The van der Waals surface area contributed by atoms with Crippen molar-refractivity contribution in [3.63, 3.8) is 0 Å². The molecule has 2 aliphatic rings. The summed E-state index contributed by atoms with van der Waals surface area (Å²) >= 11 is 0. The van der Waals surface area contributed by atoms with Crippen molar-refractivity contribution >= 4 is 33.6 Å². The number of piperidine rings is 1. The first-order chi connectivity index (χ1) is 13.6. The Labute approximate surface area is 164 Å². The first-order valence-corrected chi connectivity index (χ1v) is 10.4. The monoisotopic (exact) mass is 435 g/mol. The summed E-state index contributed by atoms with van der Waals surface area (Å²) in [4.78, 5) is 13.6. The Kier molecular flexibility index (Phi) is 5.96. The van der Waals surface area contributed by atoms with Gasteiger partial charge in [-0.25, -0.2) is 26.4 Å². The number of halogens is 3. The predicted molar refractivity (Wildman–Crippen MR) is 98.6 cm³/mol. The van der Waals surface area contributed by atoms with Gasteiger partial charge in [0.25, 0.3) is 6.43 Å². The number of anilines is 1. The average Bonchev–Trinajstić information content (AvgIpc) is 3.32. The maximum absolute atomic E-state index is 14.7. The third-order valence-corrected chi connectivity index (χ3v) is 7.57. The van der Waals surface area contributed by atoms with Crippen molar-refractivity contribution in [3.05, 3.63) is 12.3 Å². The van der Waals surface area contributed by atoms with E-state index in [9.17, 15) is 26.4 Å². The van der Waals surface area contributed by atoms with Crippen LogP contribution in [0.5, 0.6) is 0 Å². The van der Waals surface area contributed by atoms with Gasteiger partial charge in [0.05, 0.1) is 6.21 Å². The Balaban J connectivity index is 1.57. The average molecular weight is 435 g/mol. The van der Waals surface area contributed by atoms with Crippen LogP contribution in [0.15, 0.2) is 27.1 Å². The van der Waals surface area contributed by atoms with Crippen LogP contribution in [0, 0.1) is 5.92 Å². The van der Waals surface area contributed by atoms with Gasteiger partial charge in [-0.2, -0.15) is 10.2 Å². The summed E-state index contributed by atoms with van der Waals surface area (Å²) in [5.41, 5.74) is -3.32. The number of hydrogen-bond acceptors (Lipinski definition) is 7. The Morgan fingerprint density at radius 3 is 2.66 bits per heavy atom. The number of sulfone groups is 1. The number of aromatic nitrogens is 1. The molecule has 2 atom stereocenters. The second-order valence-electron chi connectivity index (χ2n) is 7.07. The number of rotatable bonds is 6. The van der Waals surface area contributed by atoms with Gasteiger partial charge < -0.3 is 9.42 Å². The van der Waals surface area contributed by atoms with E-state index in [1.807, 2.05) is 0 Å². The van der Waals surface area contributed by atoms with Crippen LogP contribution in [0.4, 0.5) is 23.8 Å². The smallest absolute Gasteiger partial charge is 0.323 e. The summed E-state index contributed by atoms with van der Waals surface area (Å²) < 4.78 is 68.5. The molecule has 1 aromatic heterocycles. The molecule has 9 nitrogen and oxygen atoms in total. The molecule has 3 heterocycles. The standard InChI is InChI=1S/C16H20F3N5O4S/c1-16(9-20-22-13(16)14(18)19)29(26,27)11(17)8-10-2-5-24(6-3-10)15(25)21-12-4-7-28-23-12/h4,7,9-11,14H,2-3,5-6,8H2,1H3,(H,21,23,25)/t11-,16-/m1/s1. The van der Waals surface area contributed by atoms with E-state index >= 15 is 0 Å². The summed E-state index contributed by atoms with van der Waals surface area (Å²) in [7, 11) is -4.63. The van der Waals surface area contributed by atoms with Crippen molar-refractivity contribution in [2.24, 2.45) is 16.1 Å². The molecule has 1 saturated heterocycles. The van der Waals surface area contributed by atoms with Gasteiger partial charge in [0.15, 0.2) is 20.4 Å². The number of amides is 2. The molecule has 0 unspecified atom stereocenters. The van der Waals surface area contributed by atoms with E-state index in [0.29, 0.717) is 25.9 Å². The number of alkyl halides is 3. The fourth-order valence-electron chi connectivity index (χ4n) is 3.34. The number of likely N-dealkylation sites (tertiary alicyclic amines) is 1. The Morgan fingerprint density at radius 1 is 1.38 bits per heavy atom. The minimum absolute atomic E-state index is 0.259. The molecule has 1 aromatic rings. The summed E-state index contributed by atoms with van der Waals surface area (Å²) in [5.74, 6) is -0.0558. The van der Waals surface area contributed by atoms with Crippen LogP contribution in [-0.4, -0.2) is 66.2 Å². The molecule has 1 fully saturated rings. The third-order valence-electron chi connectivity index (χ3n) is 5.21. The lowest BCUT2D eigenvalue weighted by atomic mass is 9.94. The zero-order chi connectivity index (χ0) is 21.2. The fourth-order valence-corrected chi connectivity index (χ4v) is 5.01. The molecule has 2 amide bonds. The lowest BCUT2D eigenvalue weighted by molar-refractivity contribution is 0.173. The molecule has 160 valence electrons.